The van der Waals surface area contributed by atoms with Gasteiger partial charge in [0, 0.05) is 43.9 Å². The largest absolute Gasteiger partial charge is 0.396 e. The third kappa shape index (κ3) is 3.60. The van der Waals surface area contributed by atoms with E-state index >= 15 is 0 Å². The molecule has 20 heavy (non-hydrogen) atoms. The van der Waals surface area contributed by atoms with Crippen molar-refractivity contribution in [2.24, 2.45) is 13.0 Å². The van der Waals surface area contributed by atoms with E-state index in [2.05, 4.69) is 15.7 Å². The zero-order valence-corrected chi connectivity index (χ0v) is 12.0. The molecule has 0 spiro atoms. The number of nitrogens with one attached hydrogen (secondary N) is 2. The molecule has 0 aliphatic heterocycles. The van der Waals surface area contributed by atoms with Gasteiger partial charge in [-0.3, -0.25) is 4.68 Å². The fourth-order valence-corrected chi connectivity index (χ4v) is 2.44. The second-order valence-electron chi connectivity index (χ2n) is 5.13. The van der Waals surface area contributed by atoms with E-state index in [0.29, 0.717) is 6.54 Å². The molecule has 0 saturated heterocycles. The molecule has 2 rings (SSSR count). The molecule has 0 unspecified atom stereocenters. The van der Waals surface area contributed by atoms with E-state index < -0.39 is 0 Å². The van der Waals surface area contributed by atoms with Gasteiger partial charge in [0.15, 0.2) is 0 Å². The lowest BCUT2D eigenvalue weighted by molar-refractivity contribution is 0.231. The maximum atomic E-state index is 11.8. The first kappa shape index (κ1) is 14.6. The SMILES string of the molecule is CCc1nn(C)cc1CNC(=O)N[C@@H]1C=C[C@H](CO)C1. The Labute approximate surface area is 118 Å². The van der Waals surface area contributed by atoms with Gasteiger partial charge in [0.1, 0.15) is 0 Å². The first-order valence-electron chi connectivity index (χ1n) is 6.97. The van der Waals surface area contributed by atoms with E-state index in [4.69, 9.17) is 5.11 Å². The van der Waals surface area contributed by atoms with Gasteiger partial charge in [-0.05, 0) is 12.8 Å². The molecule has 6 nitrogen and oxygen atoms in total. The molecule has 2 amide bonds. The number of nitrogens with zero attached hydrogens (tertiary/aromatic N) is 2. The summed E-state index contributed by atoms with van der Waals surface area (Å²) in [6.45, 7) is 2.65. The highest BCUT2D eigenvalue weighted by molar-refractivity contribution is 5.74. The minimum absolute atomic E-state index is 0.00620. The topological polar surface area (TPSA) is 79.2 Å². The molecule has 0 fully saturated rings. The number of hydrogen-bond donors (Lipinski definition) is 3. The van der Waals surface area contributed by atoms with Crippen molar-refractivity contribution >= 4 is 6.03 Å². The van der Waals surface area contributed by atoms with Crippen molar-refractivity contribution in [1.29, 1.82) is 0 Å². The number of hydrogen-bond acceptors (Lipinski definition) is 3. The van der Waals surface area contributed by atoms with Crippen molar-refractivity contribution < 1.29 is 9.90 Å². The Balaban J connectivity index is 1.79. The normalized spacial score (nSPS) is 21.1. The van der Waals surface area contributed by atoms with Crippen molar-refractivity contribution in [2.45, 2.75) is 32.4 Å². The first-order chi connectivity index (χ1) is 9.62. The average Bonchev–Trinajstić information content (AvgIpc) is 3.02. The highest BCUT2D eigenvalue weighted by atomic mass is 16.3. The lowest BCUT2D eigenvalue weighted by atomic mass is 10.1. The average molecular weight is 278 g/mol. The predicted octanol–water partition coefficient (Wildman–Crippen LogP) is 0.719. The molecule has 1 heterocycles. The van der Waals surface area contributed by atoms with Crippen LogP contribution in [0.15, 0.2) is 18.3 Å². The summed E-state index contributed by atoms with van der Waals surface area (Å²) in [5, 5.41) is 19.1. The van der Waals surface area contributed by atoms with Crippen LogP contribution in [0.3, 0.4) is 0 Å². The van der Waals surface area contributed by atoms with E-state index in [-0.39, 0.29) is 24.6 Å². The molecule has 1 aromatic heterocycles. The number of aryl methyl sites for hydroxylation is 2. The van der Waals surface area contributed by atoms with Crippen LogP contribution in [-0.2, 0) is 20.0 Å². The van der Waals surface area contributed by atoms with E-state index in [1.807, 2.05) is 32.3 Å². The highest BCUT2D eigenvalue weighted by Gasteiger charge is 2.19. The van der Waals surface area contributed by atoms with Crippen LogP contribution in [-0.4, -0.2) is 33.6 Å². The molecule has 0 radical (unpaired) electrons. The maximum Gasteiger partial charge on any atom is 0.315 e. The summed E-state index contributed by atoms with van der Waals surface area (Å²) in [7, 11) is 1.88. The van der Waals surface area contributed by atoms with Gasteiger partial charge in [0.05, 0.1) is 5.69 Å². The van der Waals surface area contributed by atoms with E-state index in [1.165, 1.54) is 0 Å². The first-order valence-corrected chi connectivity index (χ1v) is 6.97. The molecular weight excluding hydrogens is 256 g/mol. The van der Waals surface area contributed by atoms with Gasteiger partial charge in [-0.15, -0.1) is 0 Å². The molecular formula is C14H22N4O2. The minimum atomic E-state index is -0.191. The standard InChI is InChI=1S/C14H22N4O2/c1-3-13-11(8-18(2)17-13)7-15-14(20)16-12-5-4-10(6-12)9-19/h4-5,8,10,12,19H,3,6-7,9H2,1-2H3,(H2,15,16,20)/t10-,12+/m0/s1. The van der Waals surface area contributed by atoms with E-state index in [1.54, 1.807) is 4.68 Å². The number of carbonyl (C=O) groups excluding carboxylic acids is 1. The van der Waals surface area contributed by atoms with Gasteiger partial charge in [-0.1, -0.05) is 19.1 Å². The van der Waals surface area contributed by atoms with Crippen LogP contribution in [0.25, 0.3) is 0 Å². The van der Waals surface area contributed by atoms with Crippen LogP contribution < -0.4 is 10.6 Å². The fourth-order valence-electron chi connectivity index (χ4n) is 2.44. The van der Waals surface area contributed by atoms with Gasteiger partial charge in [0.2, 0.25) is 0 Å². The number of amides is 2. The number of aliphatic hydroxyl groups is 1. The van der Waals surface area contributed by atoms with E-state index in [0.717, 1.165) is 24.1 Å². The molecule has 6 heteroatoms. The quantitative estimate of drug-likeness (QED) is 0.694. The molecule has 1 aromatic rings. The molecule has 0 saturated carbocycles. The van der Waals surface area contributed by atoms with Gasteiger partial charge < -0.3 is 15.7 Å². The number of aliphatic hydroxyl groups excluding tert-OH is 1. The fraction of sp³-hybridized carbons (Fsp3) is 0.571. The van der Waals surface area contributed by atoms with Gasteiger partial charge in [-0.25, -0.2) is 4.79 Å². The van der Waals surface area contributed by atoms with Crippen molar-refractivity contribution in [3.05, 3.63) is 29.6 Å². The van der Waals surface area contributed by atoms with Crippen molar-refractivity contribution in [3.63, 3.8) is 0 Å². The van der Waals surface area contributed by atoms with Gasteiger partial charge in [0.25, 0.3) is 0 Å². The zero-order valence-electron chi connectivity index (χ0n) is 12.0. The highest BCUT2D eigenvalue weighted by Crippen LogP contribution is 2.16. The molecule has 3 N–H and O–H groups in total. The van der Waals surface area contributed by atoms with Crippen molar-refractivity contribution in [3.8, 4) is 0 Å². The molecule has 2 atom stereocenters. The molecule has 1 aliphatic rings. The Bertz CT molecular complexity index is 495. The van der Waals surface area contributed by atoms with Crippen LogP contribution in [0.2, 0.25) is 0 Å². The number of aromatic nitrogens is 2. The van der Waals surface area contributed by atoms with Crippen LogP contribution in [0, 0.1) is 5.92 Å². The summed E-state index contributed by atoms with van der Waals surface area (Å²) in [4.78, 5) is 11.8. The summed E-state index contributed by atoms with van der Waals surface area (Å²) >= 11 is 0. The number of rotatable bonds is 5. The summed E-state index contributed by atoms with van der Waals surface area (Å²) in [6.07, 6.45) is 7.42. The molecule has 0 bridgehead atoms. The predicted molar refractivity (Wildman–Crippen MR) is 76.1 cm³/mol. The smallest absolute Gasteiger partial charge is 0.315 e. The summed E-state index contributed by atoms with van der Waals surface area (Å²) in [5.74, 6) is 0.158. The third-order valence-corrected chi connectivity index (χ3v) is 3.49. The molecule has 0 aromatic carbocycles. The third-order valence-electron chi connectivity index (χ3n) is 3.49. The second kappa shape index (κ2) is 6.56. The lowest BCUT2D eigenvalue weighted by Gasteiger charge is -2.13. The second-order valence-corrected chi connectivity index (χ2v) is 5.13. The molecule has 1 aliphatic carbocycles. The van der Waals surface area contributed by atoms with Crippen LogP contribution >= 0.6 is 0 Å². The van der Waals surface area contributed by atoms with Gasteiger partial charge in [-0.2, -0.15) is 5.10 Å². The summed E-state index contributed by atoms with van der Waals surface area (Å²) < 4.78 is 1.76. The van der Waals surface area contributed by atoms with Crippen molar-refractivity contribution in [1.82, 2.24) is 20.4 Å². The van der Waals surface area contributed by atoms with Crippen LogP contribution in [0.4, 0.5) is 4.79 Å². The Morgan fingerprint density at radius 2 is 2.35 bits per heavy atom. The Morgan fingerprint density at radius 3 is 3.00 bits per heavy atom. The maximum absolute atomic E-state index is 11.8. The van der Waals surface area contributed by atoms with Crippen molar-refractivity contribution in [2.75, 3.05) is 6.61 Å². The van der Waals surface area contributed by atoms with Gasteiger partial charge >= 0.3 is 6.03 Å². The summed E-state index contributed by atoms with van der Waals surface area (Å²) in [6, 6.07) is -0.184. The Morgan fingerprint density at radius 1 is 1.55 bits per heavy atom. The number of carbonyl (C=O) groups is 1. The van der Waals surface area contributed by atoms with Crippen LogP contribution in [0.5, 0.6) is 0 Å². The summed E-state index contributed by atoms with van der Waals surface area (Å²) in [5.41, 5.74) is 2.05. The zero-order chi connectivity index (χ0) is 14.5. The monoisotopic (exact) mass is 278 g/mol. The lowest BCUT2D eigenvalue weighted by Crippen LogP contribution is -2.40. The van der Waals surface area contributed by atoms with Crippen LogP contribution in [0.1, 0.15) is 24.6 Å². The number of urea groups is 1. The van der Waals surface area contributed by atoms with E-state index in [9.17, 15) is 4.79 Å². The molecule has 110 valence electrons. The Hall–Kier alpha value is -1.82. The minimum Gasteiger partial charge on any atom is -0.396 e. The Kier molecular flexibility index (Phi) is 4.79.